The maximum absolute atomic E-state index is 6.85. The van der Waals surface area contributed by atoms with Crippen molar-refractivity contribution in [2.45, 2.75) is 10.8 Å². The van der Waals surface area contributed by atoms with Crippen molar-refractivity contribution in [3.63, 3.8) is 0 Å². The van der Waals surface area contributed by atoms with Crippen molar-refractivity contribution in [1.82, 2.24) is 0 Å². The van der Waals surface area contributed by atoms with Crippen molar-refractivity contribution in [3.05, 3.63) is 251 Å². The van der Waals surface area contributed by atoms with E-state index in [-0.39, 0.29) is 0 Å². The van der Waals surface area contributed by atoms with Crippen LogP contribution in [0.2, 0.25) is 0 Å². The monoisotopic (exact) mass is 698 g/mol. The van der Waals surface area contributed by atoms with E-state index >= 15 is 0 Å². The molecule has 3 aliphatic rings. The Bertz CT molecular complexity index is 2960. The molecule has 0 N–H and O–H groups in total. The summed E-state index contributed by atoms with van der Waals surface area (Å²) < 4.78 is 6.85. The van der Waals surface area contributed by atoms with Crippen molar-refractivity contribution in [2.75, 3.05) is 0 Å². The normalized spacial score (nSPS) is 16.4. The fraction of sp³-hybridized carbons (Fsp3) is 0.0370. The van der Waals surface area contributed by atoms with E-state index in [9.17, 15) is 0 Å². The lowest BCUT2D eigenvalue weighted by molar-refractivity contribution is 0.436. The molecule has 1 heterocycles. The van der Waals surface area contributed by atoms with Gasteiger partial charge in [0.25, 0.3) is 0 Å². The standard InChI is InChI=1S/C54H34O/c1-2-16-39(17-3-1)53(45-21-9-8-20-43(45)44-32-36-14-4-5-15-37(36)33-50(44)53)40-29-26-35(27-30-40)38-28-31-49-52(34-38)55-51-25-13-12-24-48(51)54(49)46-22-10-6-18-41(46)42-19-7-11-23-47(42)54/h1-34H. The third-order valence-electron chi connectivity index (χ3n) is 12.6. The first kappa shape index (κ1) is 30.5. The number of hydrogen-bond acceptors (Lipinski definition) is 1. The van der Waals surface area contributed by atoms with Crippen molar-refractivity contribution < 1.29 is 4.74 Å². The SMILES string of the molecule is c1ccc(C2(c3ccc(-c4ccc5c(c4)Oc4ccccc4C54c5ccccc5-c5ccccc54)cc3)c3ccccc3-c3cc4ccccc4cc32)cc1. The van der Waals surface area contributed by atoms with Crippen molar-refractivity contribution in [2.24, 2.45) is 0 Å². The average Bonchev–Trinajstić information content (AvgIpc) is 3.71. The van der Waals surface area contributed by atoms with Crippen LogP contribution in [0.4, 0.5) is 0 Å². The minimum atomic E-state index is -0.464. The summed E-state index contributed by atoms with van der Waals surface area (Å²) in [6, 6.07) is 76.1. The second-order valence-electron chi connectivity index (χ2n) is 15.1. The zero-order valence-corrected chi connectivity index (χ0v) is 30.0. The minimum absolute atomic E-state index is 0.463. The zero-order valence-electron chi connectivity index (χ0n) is 30.0. The van der Waals surface area contributed by atoms with Crippen LogP contribution in [0, 0.1) is 0 Å². The van der Waals surface area contributed by atoms with Gasteiger partial charge in [-0.3, -0.25) is 0 Å². The first-order valence-corrected chi connectivity index (χ1v) is 19.2. The van der Waals surface area contributed by atoms with Crippen LogP contribution in [0.1, 0.15) is 44.5 Å². The molecule has 1 unspecified atom stereocenters. The van der Waals surface area contributed by atoms with Gasteiger partial charge in [-0.15, -0.1) is 0 Å². The second kappa shape index (κ2) is 11.3. The smallest absolute Gasteiger partial charge is 0.132 e. The molecule has 0 radical (unpaired) electrons. The minimum Gasteiger partial charge on any atom is -0.457 e. The number of rotatable bonds is 3. The summed E-state index contributed by atoms with van der Waals surface area (Å²) in [4.78, 5) is 0. The molecule has 0 bridgehead atoms. The van der Waals surface area contributed by atoms with Crippen LogP contribution in [0.3, 0.4) is 0 Å². The Kier molecular flexibility index (Phi) is 6.25. The van der Waals surface area contributed by atoms with Crippen molar-refractivity contribution >= 4 is 10.8 Å². The summed E-state index contributed by atoms with van der Waals surface area (Å²) in [7, 11) is 0. The Morgan fingerprint density at radius 3 is 1.45 bits per heavy atom. The summed E-state index contributed by atoms with van der Waals surface area (Å²) in [5.74, 6) is 1.81. The topological polar surface area (TPSA) is 9.23 Å². The van der Waals surface area contributed by atoms with Crippen LogP contribution in [-0.2, 0) is 10.8 Å². The number of hydrogen-bond donors (Lipinski definition) is 0. The quantitative estimate of drug-likeness (QED) is 0.178. The van der Waals surface area contributed by atoms with E-state index in [2.05, 4.69) is 206 Å². The molecule has 2 aliphatic carbocycles. The Labute approximate surface area is 320 Å². The Morgan fingerprint density at radius 1 is 0.273 bits per heavy atom. The largest absolute Gasteiger partial charge is 0.457 e. The van der Waals surface area contributed by atoms with Gasteiger partial charge < -0.3 is 4.74 Å². The number of ether oxygens (including phenoxy) is 1. The highest BCUT2D eigenvalue weighted by Crippen LogP contribution is 2.62. The lowest BCUT2D eigenvalue weighted by atomic mass is 9.66. The first-order chi connectivity index (χ1) is 27.3. The molecule has 0 amide bonds. The highest BCUT2D eigenvalue weighted by atomic mass is 16.5. The van der Waals surface area contributed by atoms with Gasteiger partial charge in [0.15, 0.2) is 0 Å². The first-order valence-electron chi connectivity index (χ1n) is 19.2. The third kappa shape index (κ3) is 3.97. The third-order valence-corrected chi connectivity index (χ3v) is 12.6. The molecule has 1 atom stereocenters. The van der Waals surface area contributed by atoms with Crippen molar-refractivity contribution in [1.29, 1.82) is 0 Å². The van der Waals surface area contributed by atoms with Gasteiger partial charge in [-0.2, -0.15) is 0 Å². The second-order valence-corrected chi connectivity index (χ2v) is 15.1. The van der Waals surface area contributed by atoms with Crippen LogP contribution in [-0.4, -0.2) is 0 Å². The maximum atomic E-state index is 6.85. The van der Waals surface area contributed by atoms with Crippen LogP contribution in [0.15, 0.2) is 206 Å². The molecular formula is C54H34O. The molecule has 9 aromatic carbocycles. The fourth-order valence-corrected chi connectivity index (χ4v) is 10.4. The molecule has 0 saturated heterocycles. The van der Waals surface area contributed by atoms with Gasteiger partial charge in [0.1, 0.15) is 11.5 Å². The zero-order chi connectivity index (χ0) is 36.1. The van der Waals surface area contributed by atoms with E-state index in [4.69, 9.17) is 4.74 Å². The van der Waals surface area contributed by atoms with E-state index in [0.29, 0.717) is 0 Å². The molecule has 256 valence electrons. The number of benzene rings is 9. The fourth-order valence-electron chi connectivity index (χ4n) is 10.4. The molecule has 0 fully saturated rings. The van der Waals surface area contributed by atoms with Gasteiger partial charge in [0, 0.05) is 11.1 Å². The van der Waals surface area contributed by atoms with Crippen LogP contribution >= 0.6 is 0 Å². The molecule has 9 aromatic rings. The Hall–Kier alpha value is -6.96. The predicted molar refractivity (Wildman–Crippen MR) is 224 cm³/mol. The average molecular weight is 699 g/mol. The van der Waals surface area contributed by atoms with Gasteiger partial charge in [0.05, 0.1) is 10.8 Å². The molecule has 1 heteroatoms. The summed E-state index contributed by atoms with van der Waals surface area (Å²) in [6.45, 7) is 0. The van der Waals surface area contributed by atoms with Crippen molar-refractivity contribution in [3.8, 4) is 44.9 Å². The summed E-state index contributed by atoms with van der Waals surface area (Å²) in [5, 5.41) is 2.52. The molecule has 0 saturated carbocycles. The number of para-hydroxylation sites is 1. The summed E-state index contributed by atoms with van der Waals surface area (Å²) in [6.07, 6.45) is 0. The molecule has 1 nitrogen and oxygen atoms in total. The van der Waals surface area contributed by atoms with Gasteiger partial charge >= 0.3 is 0 Å². The predicted octanol–water partition coefficient (Wildman–Crippen LogP) is 13.3. The van der Waals surface area contributed by atoms with Crippen LogP contribution in [0.25, 0.3) is 44.2 Å². The molecule has 0 aromatic heterocycles. The van der Waals surface area contributed by atoms with Gasteiger partial charge in [0.2, 0.25) is 0 Å². The van der Waals surface area contributed by atoms with Gasteiger partial charge in [-0.25, -0.2) is 0 Å². The van der Waals surface area contributed by atoms with Gasteiger partial charge in [-0.1, -0.05) is 182 Å². The van der Waals surface area contributed by atoms with E-state index in [1.54, 1.807) is 0 Å². The van der Waals surface area contributed by atoms with Gasteiger partial charge in [-0.05, 0) is 102 Å². The molecule has 12 rings (SSSR count). The molecule has 1 aliphatic heterocycles. The summed E-state index contributed by atoms with van der Waals surface area (Å²) in [5.41, 5.74) is 16.7. The highest BCUT2D eigenvalue weighted by Gasteiger charge is 2.51. The van der Waals surface area contributed by atoms with E-state index in [0.717, 1.165) is 22.6 Å². The van der Waals surface area contributed by atoms with Crippen LogP contribution < -0.4 is 4.74 Å². The molecular weight excluding hydrogens is 665 g/mol. The number of fused-ring (bicyclic) bond motifs is 13. The van der Waals surface area contributed by atoms with E-state index in [1.807, 2.05) is 0 Å². The van der Waals surface area contributed by atoms with E-state index in [1.165, 1.54) is 77.5 Å². The lowest BCUT2D eigenvalue weighted by Crippen LogP contribution is -2.32. The Balaban J connectivity index is 1.04. The lowest BCUT2D eigenvalue weighted by Gasteiger charge is -2.39. The maximum Gasteiger partial charge on any atom is 0.132 e. The molecule has 1 spiro atoms. The highest BCUT2D eigenvalue weighted by molar-refractivity contribution is 5.96. The molecule has 55 heavy (non-hydrogen) atoms. The van der Waals surface area contributed by atoms with E-state index < -0.39 is 10.8 Å². The summed E-state index contributed by atoms with van der Waals surface area (Å²) >= 11 is 0. The van der Waals surface area contributed by atoms with Crippen LogP contribution in [0.5, 0.6) is 11.5 Å². The Morgan fingerprint density at radius 2 is 0.764 bits per heavy atom.